The molecule has 1 saturated heterocycles. The zero-order valence-corrected chi connectivity index (χ0v) is 16.3. The van der Waals surface area contributed by atoms with E-state index in [9.17, 15) is 28.4 Å². The van der Waals surface area contributed by atoms with Crippen molar-refractivity contribution in [2.75, 3.05) is 33.3 Å². The quantitative estimate of drug-likeness (QED) is 0.571. The molecule has 1 aliphatic heterocycles. The average molecular weight is 421 g/mol. The number of phenols is 1. The van der Waals surface area contributed by atoms with Gasteiger partial charge in [0.25, 0.3) is 11.6 Å². The van der Waals surface area contributed by atoms with Crippen molar-refractivity contribution in [3.05, 3.63) is 58.1 Å². The molecule has 0 saturated carbocycles. The van der Waals surface area contributed by atoms with Crippen LogP contribution in [-0.2, 0) is 10.0 Å². The summed E-state index contributed by atoms with van der Waals surface area (Å²) in [6, 6.07) is 9.42. The van der Waals surface area contributed by atoms with Crippen molar-refractivity contribution < 1.29 is 28.0 Å². The lowest BCUT2D eigenvalue weighted by Gasteiger charge is -2.34. The zero-order chi connectivity index (χ0) is 21.2. The molecule has 1 amide bonds. The molecule has 1 fully saturated rings. The van der Waals surface area contributed by atoms with Crippen LogP contribution in [0, 0.1) is 10.1 Å². The fourth-order valence-electron chi connectivity index (χ4n) is 3.07. The van der Waals surface area contributed by atoms with E-state index in [-0.39, 0.29) is 53.8 Å². The summed E-state index contributed by atoms with van der Waals surface area (Å²) in [6.07, 6.45) is 0. The van der Waals surface area contributed by atoms with Gasteiger partial charge in [0.2, 0.25) is 10.0 Å². The predicted octanol–water partition coefficient (Wildman–Crippen LogP) is 1.46. The highest BCUT2D eigenvalue weighted by atomic mass is 32.2. The summed E-state index contributed by atoms with van der Waals surface area (Å²) in [6.45, 7) is 0.288. The number of ether oxygens (including phenoxy) is 1. The van der Waals surface area contributed by atoms with Crippen LogP contribution in [0.4, 0.5) is 5.69 Å². The van der Waals surface area contributed by atoms with Gasteiger partial charge in [0.05, 0.1) is 22.5 Å². The van der Waals surface area contributed by atoms with Crippen LogP contribution in [0.2, 0.25) is 0 Å². The van der Waals surface area contributed by atoms with Crippen LogP contribution in [0.5, 0.6) is 11.5 Å². The number of phenolic OH excluding ortho intramolecular Hbond substituents is 1. The molecule has 2 aromatic rings. The first kappa shape index (κ1) is 20.6. The molecule has 3 rings (SSSR count). The number of nitro benzene ring substituents is 1. The number of sulfonamides is 1. The minimum atomic E-state index is -3.93. The predicted molar refractivity (Wildman–Crippen MR) is 102 cm³/mol. The van der Waals surface area contributed by atoms with Gasteiger partial charge in [0.1, 0.15) is 0 Å². The van der Waals surface area contributed by atoms with E-state index < -0.39 is 20.9 Å². The Bertz CT molecular complexity index is 1050. The molecule has 0 aromatic heterocycles. The molecule has 29 heavy (non-hydrogen) atoms. The molecular weight excluding hydrogens is 402 g/mol. The summed E-state index contributed by atoms with van der Waals surface area (Å²) >= 11 is 0. The van der Waals surface area contributed by atoms with Crippen LogP contribution < -0.4 is 4.74 Å². The number of hydrogen-bond donors (Lipinski definition) is 1. The molecule has 10 nitrogen and oxygen atoms in total. The summed E-state index contributed by atoms with van der Waals surface area (Å²) in [4.78, 5) is 24.2. The Balaban J connectivity index is 1.74. The fraction of sp³-hybridized carbons (Fsp3) is 0.278. The highest BCUT2D eigenvalue weighted by Crippen LogP contribution is 2.30. The number of carbonyl (C=O) groups is 1. The molecule has 1 aliphatic rings. The summed E-state index contributed by atoms with van der Waals surface area (Å²) in [5.41, 5.74) is -0.243. The Hall–Kier alpha value is -3.18. The molecule has 0 radical (unpaired) electrons. The first-order valence-corrected chi connectivity index (χ1v) is 10.1. The molecule has 0 spiro atoms. The molecule has 0 unspecified atom stereocenters. The minimum absolute atomic E-state index is 0.0293. The smallest absolute Gasteiger partial charge is 0.270 e. The van der Waals surface area contributed by atoms with Gasteiger partial charge in [-0.25, -0.2) is 8.42 Å². The Morgan fingerprint density at radius 2 is 1.79 bits per heavy atom. The largest absolute Gasteiger partial charge is 0.504 e. The lowest BCUT2D eigenvalue weighted by atomic mass is 10.1. The summed E-state index contributed by atoms with van der Waals surface area (Å²) in [5, 5.41) is 21.1. The highest BCUT2D eigenvalue weighted by molar-refractivity contribution is 7.89. The number of benzene rings is 2. The fourth-order valence-corrected chi connectivity index (χ4v) is 4.53. The monoisotopic (exact) mass is 421 g/mol. The van der Waals surface area contributed by atoms with Crippen molar-refractivity contribution in [3.63, 3.8) is 0 Å². The van der Waals surface area contributed by atoms with E-state index in [1.54, 1.807) is 6.07 Å². The number of nitro groups is 1. The lowest BCUT2D eigenvalue weighted by Crippen LogP contribution is -2.50. The molecule has 0 atom stereocenters. The number of aromatic hydroxyl groups is 1. The summed E-state index contributed by atoms with van der Waals surface area (Å²) < 4.78 is 31.8. The minimum Gasteiger partial charge on any atom is -0.504 e. The number of para-hydroxylation sites is 1. The second-order valence-corrected chi connectivity index (χ2v) is 8.25. The number of hydrogen-bond acceptors (Lipinski definition) is 7. The number of piperazine rings is 1. The van der Waals surface area contributed by atoms with Gasteiger partial charge < -0.3 is 14.7 Å². The van der Waals surface area contributed by atoms with Gasteiger partial charge >= 0.3 is 0 Å². The van der Waals surface area contributed by atoms with Crippen LogP contribution in [0.1, 0.15) is 10.4 Å². The van der Waals surface area contributed by atoms with Gasteiger partial charge in [0.15, 0.2) is 11.5 Å². The maximum absolute atomic E-state index is 12.8. The standard InChI is InChI=1S/C18H19N3O7S/c1-28-16-7-3-6-15(17(16)22)18(23)19-8-10-20(11-9-19)29(26,27)14-5-2-4-13(12-14)21(24)25/h2-7,12,22H,8-11H2,1H3. The van der Waals surface area contributed by atoms with Gasteiger partial charge in [-0.1, -0.05) is 12.1 Å². The van der Waals surface area contributed by atoms with Crippen molar-refractivity contribution in [2.24, 2.45) is 0 Å². The Kier molecular flexibility index (Phi) is 5.71. The van der Waals surface area contributed by atoms with E-state index >= 15 is 0 Å². The van der Waals surface area contributed by atoms with E-state index in [2.05, 4.69) is 0 Å². The second-order valence-electron chi connectivity index (χ2n) is 6.31. The first-order valence-electron chi connectivity index (χ1n) is 8.65. The van der Waals surface area contributed by atoms with Crippen LogP contribution in [0.25, 0.3) is 0 Å². The van der Waals surface area contributed by atoms with E-state index in [1.165, 1.54) is 46.6 Å². The molecule has 11 heteroatoms. The normalized spacial score (nSPS) is 15.1. The Morgan fingerprint density at radius 1 is 1.14 bits per heavy atom. The Labute approximate surface area is 167 Å². The van der Waals surface area contributed by atoms with Crippen molar-refractivity contribution in [1.82, 2.24) is 9.21 Å². The third kappa shape index (κ3) is 4.00. The number of non-ortho nitro benzene ring substituents is 1. The second kappa shape index (κ2) is 8.05. The number of methoxy groups -OCH3 is 1. The number of amides is 1. The van der Waals surface area contributed by atoms with Crippen molar-refractivity contribution in [2.45, 2.75) is 4.90 Å². The van der Waals surface area contributed by atoms with Crippen molar-refractivity contribution in [1.29, 1.82) is 0 Å². The molecule has 154 valence electrons. The molecule has 0 bridgehead atoms. The van der Waals surface area contributed by atoms with Gasteiger partial charge in [-0.2, -0.15) is 4.31 Å². The zero-order valence-electron chi connectivity index (χ0n) is 15.5. The van der Waals surface area contributed by atoms with Crippen LogP contribution >= 0.6 is 0 Å². The molecule has 1 N–H and O–H groups in total. The van der Waals surface area contributed by atoms with Crippen molar-refractivity contribution in [3.8, 4) is 11.5 Å². The number of carbonyl (C=O) groups excluding carboxylic acids is 1. The summed E-state index contributed by atoms with van der Waals surface area (Å²) in [7, 11) is -2.55. The molecule has 2 aromatic carbocycles. The van der Waals surface area contributed by atoms with E-state index in [1.807, 2.05) is 0 Å². The van der Waals surface area contributed by atoms with E-state index in [0.717, 1.165) is 6.07 Å². The first-order chi connectivity index (χ1) is 13.8. The van der Waals surface area contributed by atoms with Gasteiger partial charge in [-0.3, -0.25) is 14.9 Å². The van der Waals surface area contributed by atoms with Gasteiger partial charge in [0, 0.05) is 38.3 Å². The SMILES string of the molecule is COc1cccc(C(=O)N2CCN(S(=O)(=O)c3cccc([N+](=O)[O-])c3)CC2)c1O. The lowest BCUT2D eigenvalue weighted by molar-refractivity contribution is -0.385. The van der Waals surface area contributed by atoms with E-state index in [4.69, 9.17) is 4.74 Å². The topological polar surface area (TPSA) is 130 Å². The Morgan fingerprint density at radius 3 is 2.41 bits per heavy atom. The van der Waals surface area contributed by atoms with Crippen LogP contribution in [0.15, 0.2) is 47.4 Å². The van der Waals surface area contributed by atoms with E-state index in [0.29, 0.717) is 0 Å². The highest BCUT2D eigenvalue weighted by Gasteiger charge is 2.32. The number of nitrogens with zero attached hydrogens (tertiary/aromatic N) is 3. The third-order valence-corrected chi connectivity index (χ3v) is 6.54. The maximum atomic E-state index is 12.8. The maximum Gasteiger partial charge on any atom is 0.270 e. The molecule has 0 aliphatic carbocycles. The van der Waals surface area contributed by atoms with Gasteiger partial charge in [-0.05, 0) is 18.2 Å². The molecular formula is C18H19N3O7S. The van der Waals surface area contributed by atoms with Crippen LogP contribution in [-0.4, -0.2) is 66.8 Å². The van der Waals surface area contributed by atoms with Crippen LogP contribution in [0.3, 0.4) is 0 Å². The van der Waals surface area contributed by atoms with Gasteiger partial charge in [-0.15, -0.1) is 0 Å². The number of rotatable bonds is 5. The van der Waals surface area contributed by atoms with Crippen molar-refractivity contribution >= 4 is 21.6 Å². The molecule has 1 heterocycles. The summed E-state index contributed by atoms with van der Waals surface area (Å²) in [5.74, 6) is -0.539. The third-order valence-electron chi connectivity index (χ3n) is 4.64. The average Bonchev–Trinajstić information content (AvgIpc) is 2.73.